The molecular weight excluding hydrogens is 305 g/mol. The molecule has 0 N–H and O–H groups in total. The van der Waals surface area contributed by atoms with E-state index in [4.69, 9.17) is 0 Å². The summed E-state index contributed by atoms with van der Waals surface area (Å²) in [5, 5.41) is 0. The van der Waals surface area contributed by atoms with Gasteiger partial charge in [-0.2, -0.15) is 0 Å². The molecular formula is C15H16FN3O4. The number of halogens is 1. The molecule has 1 heterocycles. The van der Waals surface area contributed by atoms with Gasteiger partial charge in [0.2, 0.25) is 5.91 Å². The Bertz CT molecular complexity index is 676. The lowest BCUT2D eigenvalue weighted by molar-refractivity contribution is -0.144. The highest BCUT2D eigenvalue weighted by atomic mass is 19.1. The zero-order chi connectivity index (χ0) is 17.1. The van der Waals surface area contributed by atoms with E-state index in [0.717, 1.165) is 0 Å². The Morgan fingerprint density at radius 1 is 1.22 bits per heavy atom. The summed E-state index contributed by atoms with van der Waals surface area (Å²) in [6.07, 6.45) is 0. The van der Waals surface area contributed by atoms with Crippen molar-refractivity contribution in [2.24, 2.45) is 0 Å². The van der Waals surface area contributed by atoms with Crippen molar-refractivity contribution >= 4 is 23.8 Å². The van der Waals surface area contributed by atoms with Crippen LogP contribution in [0.5, 0.6) is 0 Å². The van der Waals surface area contributed by atoms with Crippen LogP contribution >= 0.6 is 0 Å². The standard InChI is InChI=1S/C15H16FN3O4/c1-3-18(8-10-5-4-6-11(16)7-10)12(20)9-19-14(22)13(21)17(2)15(19)23/h4-7H,3,8-9H2,1-2H3. The predicted molar refractivity (Wildman–Crippen MR) is 77.4 cm³/mol. The van der Waals surface area contributed by atoms with Crippen LogP contribution in [0.2, 0.25) is 0 Å². The highest BCUT2D eigenvalue weighted by Crippen LogP contribution is 2.12. The molecule has 0 radical (unpaired) electrons. The van der Waals surface area contributed by atoms with Gasteiger partial charge in [0.25, 0.3) is 0 Å². The lowest BCUT2D eigenvalue weighted by atomic mass is 10.2. The lowest BCUT2D eigenvalue weighted by Crippen LogP contribution is -2.43. The summed E-state index contributed by atoms with van der Waals surface area (Å²) >= 11 is 0. The summed E-state index contributed by atoms with van der Waals surface area (Å²) in [5.74, 6) is -2.90. The summed E-state index contributed by atoms with van der Waals surface area (Å²) < 4.78 is 13.2. The van der Waals surface area contributed by atoms with Gasteiger partial charge in [-0.25, -0.2) is 14.1 Å². The van der Waals surface area contributed by atoms with Crippen LogP contribution in [0.1, 0.15) is 12.5 Å². The van der Waals surface area contributed by atoms with Crippen molar-refractivity contribution in [1.82, 2.24) is 14.7 Å². The van der Waals surface area contributed by atoms with Crippen LogP contribution in [-0.2, 0) is 20.9 Å². The van der Waals surface area contributed by atoms with Gasteiger partial charge in [0.05, 0.1) is 0 Å². The first kappa shape index (κ1) is 16.6. The van der Waals surface area contributed by atoms with Gasteiger partial charge >= 0.3 is 17.8 Å². The summed E-state index contributed by atoms with van der Waals surface area (Å²) in [5.41, 5.74) is 0.590. The van der Waals surface area contributed by atoms with Crippen molar-refractivity contribution in [3.05, 3.63) is 35.6 Å². The molecule has 1 aromatic carbocycles. The summed E-state index contributed by atoms with van der Waals surface area (Å²) in [4.78, 5) is 49.8. The average Bonchev–Trinajstić information content (AvgIpc) is 2.70. The van der Waals surface area contributed by atoms with E-state index < -0.39 is 36.1 Å². The van der Waals surface area contributed by atoms with E-state index in [-0.39, 0.29) is 6.54 Å². The molecule has 23 heavy (non-hydrogen) atoms. The molecule has 0 aromatic heterocycles. The average molecular weight is 321 g/mol. The van der Waals surface area contributed by atoms with Gasteiger partial charge in [-0.05, 0) is 24.6 Å². The first-order valence-electron chi connectivity index (χ1n) is 7.00. The van der Waals surface area contributed by atoms with Crippen molar-refractivity contribution in [2.75, 3.05) is 20.1 Å². The highest BCUT2D eigenvalue weighted by Gasteiger charge is 2.43. The van der Waals surface area contributed by atoms with E-state index in [1.165, 1.54) is 30.1 Å². The molecule has 0 spiro atoms. The second kappa shape index (κ2) is 6.55. The number of urea groups is 1. The first-order chi connectivity index (χ1) is 10.8. The van der Waals surface area contributed by atoms with Crippen molar-refractivity contribution < 1.29 is 23.6 Å². The van der Waals surface area contributed by atoms with Crippen molar-refractivity contribution in [3.63, 3.8) is 0 Å². The van der Waals surface area contributed by atoms with Gasteiger partial charge in [-0.15, -0.1) is 0 Å². The molecule has 0 atom stereocenters. The Kier molecular flexibility index (Phi) is 4.73. The maximum Gasteiger partial charge on any atom is 0.334 e. The number of carbonyl (C=O) groups is 4. The molecule has 1 aliphatic rings. The Balaban J connectivity index is 2.07. The van der Waals surface area contributed by atoms with E-state index in [1.807, 2.05) is 0 Å². The molecule has 0 saturated carbocycles. The molecule has 8 heteroatoms. The second-order valence-corrected chi connectivity index (χ2v) is 5.08. The van der Waals surface area contributed by atoms with Crippen molar-refractivity contribution in [3.8, 4) is 0 Å². The molecule has 1 fully saturated rings. The van der Waals surface area contributed by atoms with Crippen LogP contribution in [0.25, 0.3) is 0 Å². The fraction of sp³-hybridized carbons (Fsp3) is 0.333. The molecule has 7 nitrogen and oxygen atoms in total. The van der Waals surface area contributed by atoms with Crippen LogP contribution in [0.4, 0.5) is 9.18 Å². The van der Waals surface area contributed by atoms with Crippen LogP contribution < -0.4 is 0 Å². The van der Waals surface area contributed by atoms with Crippen molar-refractivity contribution in [2.45, 2.75) is 13.5 Å². The van der Waals surface area contributed by atoms with Gasteiger partial charge in [0, 0.05) is 20.1 Å². The van der Waals surface area contributed by atoms with Gasteiger partial charge < -0.3 is 4.90 Å². The van der Waals surface area contributed by atoms with Gasteiger partial charge in [0.15, 0.2) is 0 Å². The molecule has 1 aromatic rings. The highest BCUT2D eigenvalue weighted by molar-refractivity contribution is 6.44. The third kappa shape index (κ3) is 3.36. The Morgan fingerprint density at radius 2 is 1.91 bits per heavy atom. The van der Waals surface area contributed by atoms with Gasteiger partial charge in [-0.3, -0.25) is 19.3 Å². The lowest BCUT2D eigenvalue weighted by Gasteiger charge is -2.23. The van der Waals surface area contributed by atoms with Crippen LogP contribution in [0, 0.1) is 5.82 Å². The number of nitrogens with zero attached hydrogens (tertiary/aromatic N) is 3. The smallest absolute Gasteiger partial charge is 0.334 e. The number of hydrogen-bond acceptors (Lipinski definition) is 4. The minimum absolute atomic E-state index is 0.146. The Hall–Kier alpha value is -2.77. The van der Waals surface area contributed by atoms with E-state index in [9.17, 15) is 23.6 Å². The SMILES string of the molecule is CCN(Cc1cccc(F)c1)C(=O)CN1C(=O)C(=O)N(C)C1=O. The third-order valence-electron chi connectivity index (χ3n) is 3.54. The summed E-state index contributed by atoms with van der Waals surface area (Å²) in [6, 6.07) is 4.98. The monoisotopic (exact) mass is 321 g/mol. The third-order valence-corrected chi connectivity index (χ3v) is 3.54. The molecule has 1 aliphatic heterocycles. The van der Waals surface area contributed by atoms with E-state index in [2.05, 4.69) is 0 Å². The van der Waals surface area contributed by atoms with E-state index >= 15 is 0 Å². The minimum Gasteiger partial charge on any atom is -0.337 e. The molecule has 1 saturated heterocycles. The summed E-state index contributed by atoms with van der Waals surface area (Å²) in [6.45, 7) is 1.67. The first-order valence-corrected chi connectivity index (χ1v) is 7.00. The maximum atomic E-state index is 13.2. The zero-order valence-electron chi connectivity index (χ0n) is 12.8. The largest absolute Gasteiger partial charge is 0.337 e. The number of benzene rings is 1. The molecule has 0 unspecified atom stereocenters. The Labute approximate surface area is 132 Å². The molecule has 2 rings (SSSR count). The quantitative estimate of drug-likeness (QED) is 0.587. The fourth-order valence-electron chi connectivity index (χ4n) is 2.22. The number of imide groups is 2. The maximum absolute atomic E-state index is 13.2. The molecule has 122 valence electrons. The predicted octanol–water partition coefficient (Wildman–Crippen LogP) is 0.595. The number of rotatable bonds is 5. The topological polar surface area (TPSA) is 78.0 Å². The number of carbonyl (C=O) groups excluding carboxylic acids is 4. The fourth-order valence-corrected chi connectivity index (χ4v) is 2.22. The van der Waals surface area contributed by atoms with Crippen LogP contribution in [0.15, 0.2) is 24.3 Å². The van der Waals surface area contributed by atoms with Crippen LogP contribution in [0.3, 0.4) is 0 Å². The van der Waals surface area contributed by atoms with Crippen molar-refractivity contribution in [1.29, 1.82) is 0 Å². The number of amides is 5. The molecule has 0 aliphatic carbocycles. The molecule has 0 bridgehead atoms. The van der Waals surface area contributed by atoms with Gasteiger partial charge in [0.1, 0.15) is 12.4 Å². The Morgan fingerprint density at radius 3 is 2.43 bits per heavy atom. The number of likely N-dealkylation sites (N-methyl/N-ethyl adjacent to an activating group) is 2. The zero-order valence-corrected chi connectivity index (χ0v) is 12.8. The molecule has 5 amide bonds. The van der Waals surface area contributed by atoms with E-state index in [0.29, 0.717) is 21.9 Å². The minimum atomic E-state index is -1.02. The van der Waals surface area contributed by atoms with Gasteiger partial charge in [-0.1, -0.05) is 12.1 Å². The van der Waals surface area contributed by atoms with Crippen LogP contribution in [-0.4, -0.2) is 58.6 Å². The summed E-state index contributed by atoms with van der Waals surface area (Å²) in [7, 11) is 1.18. The van der Waals surface area contributed by atoms with E-state index in [1.54, 1.807) is 13.0 Å². The second-order valence-electron chi connectivity index (χ2n) is 5.08. The normalized spacial score (nSPS) is 14.7. The number of hydrogen-bond donors (Lipinski definition) is 0.